The third kappa shape index (κ3) is 25.3. The number of hydrogen-bond donors (Lipinski definition) is 5. The molecule has 1 atom stereocenters. The Bertz CT molecular complexity index is 224. The van der Waals surface area contributed by atoms with E-state index in [1.165, 1.54) is 0 Å². The number of phosphoric acid groups is 1. The lowest BCUT2D eigenvalue weighted by Gasteiger charge is -2.23. The number of rotatable bonds is 6. The first-order chi connectivity index (χ1) is 7.52. The van der Waals surface area contributed by atoms with E-state index < -0.39 is 13.9 Å². The quantitative estimate of drug-likeness (QED) is 0.289. The second-order valence-corrected chi connectivity index (χ2v) is 5.60. The van der Waals surface area contributed by atoms with Crippen molar-refractivity contribution in [3.63, 3.8) is 0 Å². The number of quaternary nitrogens is 1. The fourth-order valence-electron chi connectivity index (χ4n) is 0.491. The standard InChI is InChI=1S/C5H14NO4P.C3H8O3.H3P/c1-6(2,3)4-5-10-11(7,8)9;4-1-3(6)2-5;/h4-5H2,1-3H3,(H-,7,8,9);3-6H,1-2H2;1H3/p+1. The summed E-state index contributed by atoms with van der Waals surface area (Å²) >= 11 is 0. The Balaban J connectivity index is -0.000000277. The minimum atomic E-state index is -4.26. The Labute approximate surface area is 111 Å². The Kier molecular flexibility index (Phi) is 14.6. The maximum atomic E-state index is 10.2. The molecule has 114 valence electrons. The van der Waals surface area contributed by atoms with Gasteiger partial charge in [-0.1, -0.05) is 0 Å². The third-order valence-electron chi connectivity index (χ3n) is 1.44. The van der Waals surface area contributed by atoms with Crippen LogP contribution >= 0.6 is 17.7 Å². The van der Waals surface area contributed by atoms with Crippen molar-refractivity contribution in [2.45, 2.75) is 6.10 Å². The molecule has 0 aromatic carbocycles. The van der Waals surface area contributed by atoms with Gasteiger partial charge < -0.3 is 29.6 Å². The second kappa shape index (κ2) is 11.2. The van der Waals surface area contributed by atoms with E-state index in [-0.39, 0.29) is 29.7 Å². The summed E-state index contributed by atoms with van der Waals surface area (Å²) in [7, 11) is 1.50. The normalized spacial score (nSPS) is 11.6. The van der Waals surface area contributed by atoms with Crippen LogP contribution in [-0.4, -0.2) is 83.2 Å². The highest BCUT2D eigenvalue weighted by atomic mass is 31.2. The molecular weight excluding hydrogens is 284 g/mol. The van der Waals surface area contributed by atoms with E-state index in [2.05, 4.69) is 4.52 Å². The summed E-state index contributed by atoms with van der Waals surface area (Å²) in [5, 5.41) is 24.0. The molecule has 0 radical (unpaired) electrons. The minimum absolute atomic E-state index is 0. The number of hydrogen-bond acceptors (Lipinski definition) is 5. The van der Waals surface area contributed by atoms with Gasteiger partial charge in [-0.2, -0.15) is 9.90 Å². The average molecular weight is 310 g/mol. The summed E-state index contributed by atoms with van der Waals surface area (Å²) in [6, 6.07) is 0. The molecule has 0 bridgehead atoms. The van der Waals surface area contributed by atoms with Crippen LogP contribution in [-0.2, 0) is 9.09 Å². The Morgan fingerprint density at radius 1 is 1.17 bits per heavy atom. The van der Waals surface area contributed by atoms with Crippen LogP contribution in [0.4, 0.5) is 0 Å². The van der Waals surface area contributed by atoms with Gasteiger partial charge in [-0.3, -0.25) is 4.52 Å². The molecule has 0 fully saturated rings. The maximum absolute atomic E-state index is 10.2. The average Bonchev–Trinajstić information content (AvgIpc) is 2.13. The Morgan fingerprint density at radius 3 is 1.72 bits per heavy atom. The van der Waals surface area contributed by atoms with Crippen molar-refractivity contribution in [1.82, 2.24) is 0 Å². The van der Waals surface area contributed by atoms with Crippen molar-refractivity contribution in [1.29, 1.82) is 0 Å². The Hall–Kier alpha value is 0.380. The van der Waals surface area contributed by atoms with Crippen molar-refractivity contribution in [3.8, 4) is 0 Å². The van der Waals surface area contributed by atoms with Crippen LogP contribution in [0.3, 0.4) is 0 Å². The SMILES string of the molecule is C[N+](C)(C)CCOP(=O)(O)O.OCC(O)CO.P. The molecule has 8 nitrogen and oxygen atoms in total. The van der Waals surface area contributed by atoms with Crippen LogP contribution in [0.1, 0.15) is 0 Å². The topological polar surface area (TPSA) is 127 Å². The molecule has 0 aromatic heterocycles. The van der Waals surface area contributed by atoms with Crippen LogP contribution in [0, 0.1) is 0 Å². The largest absolute Gasteiger partial charge is 0.469 e. The van der Waals surface area contributed by atoms with E-state index in [0.717, 1.165) is 0 Å². The molecule has 0 saturated carbocycles. The molecule has 0 aliphatic rings. The summed E-state index contributed by atoms with van der Waals surface area (Å²) < 4.78 is 15.1. The van der Waals surface area contributed by atoms with Crippen LogP contribution in [0.2, 0.25) is 0 Å². The van der Waals surface area contributed by atoms with Crippen LogP contribution in [0.25, 0.3) is 0 Å². The van der Waals surface area contributed by atoms with E-state index >= 15 is 0 Å². The number of phosphoric ester groups is 1. The summed E-state index contributed by atoms with van der Waals surface area (Å²) in [6.45, 7) is -0.0775. The zero-order chi connectivity index (χ0) is 14.1. The molecule has 0 rings (SSSR count). The minimum Gasteiger partial charge on any atom is -0.394 e. The Morgan fingerprint density at radius 2 is 1.56 bits per heavy atom. The van der Waals surface area contributed by atoms with Gasteiger partial charge in [0.15, 0.2) is 0 Å². The van der Waals surface area contributed by atoms with Gasteiger partial charge in [0.2, 0.25) is 0 Å². The van der Waals surface area contributed by atoms with Crippen LogP contribution in [0.5, 0.6) is 0 Å². The van der Waals surface area contributed by atoms with E-state index in [0.29, 0.717) is 11.0 Å². The number of aliphatic hydroxyl groups excluding tert-OH is 3. The van der Waals surface area contributed by atoms with Gasteiger partial charge in [0.1, 0.15) is 19.3 Å². The second-order valence-electron chi connectivity index (χ2n) is 4.36. The van der Waals surface area contributed by atoms with Crippen LogP contribution in [0.15, 0.2) is 0 Å². The van der Waals surface area contributed by atoms with Gasteiger partial charge in [0.05, 0.1) is 34.4 Å². The van der Waals surface area contributed by atoms with Gasteiger partial charge in [0, 0.05) is 0 Å². The zero-order valence-corrected chi connectivity index (χ0v) is 13.4. The summed E-state index contributed by atoms with van der Waals surface area (Å²) in [6.07, 6.45) is -0.954. The van der Waals surface area contributed by atoms with Crippen molar-refractivity contribution in [3.05, 3.63) is 0 Å². The van der Waals surface area contributed by atoms with Gasteiger partial charge in [0.25, 0.3) is 0 Å². The molecule has 0 aliphatic heterocycles. The molecule has 18 heavy (non-hydrogen) atoms. The molecule has 10 heteroatoms. The highest BCUT2D eigenvalue weighted by Crippen LogP contribution is 2.35. The first-order valence-corrected chi connectivity index (χ1v) is 6.45. The van der Waals surface area contributed by atoms with Crippen molar-refractivity contribution >= 4 is 17.7 Å². The lowest BCUT2D eigenvalue weighted by Crippen LogP contribution is -2.37. The van der Waals surface area contributed by atoms with E-state index in [9.17, 15) is 4.57 Å². The molecule has 0 aromatic rings. The predicted octanol–water partition coefficient (Wildman–Crippen LogP) is -1.81. The monoisotopic (exact) mass is 310 g/mol. The van der Waals surface area contributed by atoms with Gasteiger partial charge in [-0.15, -0.1) is 0 Å². The summed E-state index contributed by atoms with van der Waals surface area (Å²) in [5.74, 6) is 0. The first kappa shape index (κ1) is 23.5. The van der Waals surface area contributed by atoms with E-state index in [1.54, 1.807) is 0 Å². The van der Waals surface area contributed by atoms with Crippen molar-refractivity contribution in [2.75, 3.05) is 47.5 Å². The predicted molar refractivity (Wildman–Crippen MR) is 72.2 cm³/mol. The van der Waals surface area contributed by atoms with Gasteiger partial charge >= 0.3 is 7.82 Å². The number of nitrogens with zero attached hydrogens (tertiary/aromatic N) is 1. The maximum Gasteiger partial charge on any atom is 0.469 e. The van der Waals surface area contributed by atoms with Crippen molar-refractivity contribution in [2.24, 2.45) is 0 Å². The zero-order valence-electron chi connectivity index (χ0n) is 11.1. The molecule has 0 aliphatic carbocycles. The lowest BCUT2D eigenvalue weighted by atomic mass is 10.4. The van der Waals surface area contributed by atoms with Crippen molar-refractivity contribution < 1.29 is 38.7 Å². The highest BCUT2D eigenvalue weighted by Gasteiger charge is 2.15. The van der Waals surface area contributed by atoms with E-state index in [4.69, 9.17) is 25.1 Å². The summed E-state index contributed by atoms with van der Waals surface area (Å²) in [4.78, 5) is 16.6. The van der Waals surface area contributed by atoms with Crippen LogP contribution < -0.4 is 0 Å². The molecule has 0 amide bonds. The molecular formula is C8H26NO7P2+. The third-order valence-corrected chi connectivity index (χ3v) is 1.96. The fraction of sp³-hybridized carbons (Fsp3) is 1.00. The molecule has 0 spiro atoms. The molecule has 0 saturated heterocycles. The number of aliphatic hydroxyl groups is 3. The molecule has 5 N–H and O–H groups in total. The van der Waals surface area contributed by atoms with Gasteiger partial charge in [-0.05, 0) is 0 Å². The number of likely N-dealkylation sites (N-methyl/N-ethyl adjacent to an activating group) is 1. The highest BCUT2D eigenvalue weighted by molar-refractivity contribution is 7.46. The molecule has 0 heterocycles. The van der Waals surface area contributed by atoms with Gasteiger partial charge in [-0.25, -0.2) is 4.57 Å². The first-order valence-electron chi connectivity index (χ1n) is 4.92. The smallest absolute Gasteiger partial charge is 0.394 e. The lowest BCUT2D eigenvalue weighted by molar-refractivity contribution is -0.870. The molecule has 1 unspecified atom stereocenters. The summed E-state index contributed by atoms with van der Waals surface area (Å²) in [5.41, 5.74) is 0. The fourth-order valence-corrected chi connectivity index (χ4v) is 0.811. The van der Waals surface area contributed by atoms with E-state index in [1.807, 2.05) is 21.1 Å².